The number of anilines is 1. The Morgan fingerprint density at radius 3 is 2.58 bits per heavy atom. The molecule has 1 aliphatic heterocycles. The molecule has 160 valence electrons. The number of aryl methyl sites for hydroxylation is 1. The van der Waals surface area contributed by atoms with E-state index < -0.39 is 0 Å². The topological polar surface area (TPSA) is 28.1 Å². The van der Waals surface area contributed by atoms with E-state index in [2.05, 4.69) is 67.9 Å². The van der Waals surface area contributed by atoms with Crippen molar-refractivity contribution in [3.63, 3.8) is 0 Å². The average Bonchev–Trinajstić information content (AvgIpc) is 3.04. The lowest BCUT2D eigenvalue weighted by atomic mass is 10.1. The van der Waals surface area contributed by atoms with Crippen molar-refractivity contribution in [3.8, 4) is 0 Å². The predicted octanol–water partition coefficient (Wildman–Crippen LogP) is 5.36. The predicted molar refractivity (Wildman–Crippen MR) is 137 cm³/mol. The minimum Gasteiger partial charge on any atom is -0.376 e. The molecule has 0 N–H and O–H groups in total. The second-order valence-corrected chi connectivity index (χ2v) is 7.82. The van der Waals surface area contributed by atoms with Gasteiger partial charge < -0.3 is 14.5 Å². The smallest absolute Gasteiger partial charge is 0.134 e. The molecular weight excluding hydrogens is 402 g/mol. The lowest BCUT2D eigenvalue weighted by Crippen LogP contribution is -2.24. The molecule has 0 spiro atoms. The summed E-state index contributed by atoms with van der Waals surface area (Å²) < 4.78 is 5.47. The van der Waals surface area contributed by atoms with Crippen LogP contribution in [0.15, 0.2) is 78.0 Å². The molecule has 0 fully saturated rings. The molecular formula is C26H29N3OS. The zero-order chi connectivity index (χ0) is 22.2. The normalized spacial score (nSPS) is 15.1. The summed E-state index contributed by atoms with van der Waals surface area (Å²) in [5.41, 5.74) is 5.42. The van der Waals surface area contributed by atoms with Crippen LogP contribution in [0.3, 0.4) is 0 Å². The van der Waals surface area contributed by atoms with Crippen LogP contribution in [0.1, 0.15) is 16.7 Å². The van der Waals surface area contributed by atoms with Gasteiger partial charge in [0.05, 0.1) is 13.2 Å². The van der Waals surface area contributed by atoms with Gasteiger partial charge in [-0.1, -0.05) is 60.8 Å². The molecule has 0 saturated heterocycles. The summed E-state index contributed by atoms with van der Waals surface area (Å²) in [5, 5.41) is 0. The van der Waals surface area contributed by atoms with Crippen molar-refractivity contribution in [1.82, 2.24) is 4.90 Å². The van der Waals surface area contributed by atoms with Crippen LogP contribution in [0.5, 0.6) is 0 Å². The van der Waals surface area contributed by atoms with E-state index >= 15 is 0 Å². The Balaban J connectivity index is 1.70. The third-order valence-corrected chi connectivity index (χ3v) is 5.63. The van der Waals surface area contributed by atoms with Gasteiger partial charge in [0.15, 0.2) is 0 Å². The molecule has 1 heterocycles. The number of benzene rings is 2. The molecule has 0 bridgehead atoms. The van der Waals surface area contributed by atoms with Crippen molar-refractivity contribution < 1.29 is 4.74 Å². The molecule has 3 rings (SSSR count). The maximum atomic E-state index is 5.61. The summed E-state index contributed by atoms with van der Waals surface area (Å²) in [6, 6.07) is 16.7. The SMILES string of the molecule is C=CCOCCN(C)c1ccc(/C=C2N=C(/C=C/c3ccccc3C)N(C)C\2=S)cc1. The third-order valence-electron chi connectivity index (χ3n) is 5.15. The van der Waals surface area contributed by atoms with Crippen molar-refractivity contribution in [1.29, 1.82) is 0 Å². The third kappa shape index (κ3) is 6.00. The fourth-order valence-electron chi connectivity index (χ4n) is 3.18. The molecule has 0 amide bonds. The minimum atomic E-state index is 0.581. The standard InChI is InChI=1S/C26H29N3OS/c1-5-17-30-18-16-28(3)23-13-10-21(11-14-23)19-24-26(31)29(4)25(27-24)15-12-22-9-7-6-8-20(22)2/h5-15,19H,1,16-18H2,2-4H3/b15-12+,24-19-. The van der Waals surface area contributed by atoms with Crippen LogP contribution < -0.4 is 4.90 Å². The summed E-state index contributed by atoms with van der Waals surface area (Å²) in [7, 11) is 4.01. The van der Waals surface area contributed by atoms with Crippen LogP contribution in [0, 0.1) is 6.92 Å². The van der Waals surface area contributed by atoms with E-state index in [1.165, 1.54) is 11.1 Å². The van der Waals surface area contributed by atoms with Gasteiger partial charge in [-0.2, -0.15) is 0 Å². The van der Waals surface area contributed by atoms with Crippen molar-refractivity contribution in [2.24, 2.45) is 4.99 Å². The number of hydrogen-bond donors (Lipinski definition) is 0. The first kappa shape index (κ1) is 22.7. The number of rotatable bonds is 9. The molecule has 0 aliphatic carbocycles. The summed E-state index contributed by atoms with van der Waals surface area (Å²) >= 11 is 5.61. The van der Waals surface area contributed by atoms with Crippen molar-refractivity contribution in [3.05, 3.63) is 89.6 Å². The van der Waals surface area contributed by atoms with Crippen LogP contribution in [0.4, 0.5) is 5.69 Å². The highest BCUT2D eigenvalue weighted by Gasteiger charge is 2.21. The van der Waals surface area contributed by atoms with Crippen molar-refractivity contribution in [2.45, 2.75) is 6.92 Å². The molecule has 2 aromatic carbocycles. The number of amidine groups is 1. The highest BCUT2D eigenvalue weighted by molar-refractivity contribution is 7.80. The Hall–Kier alpha value is -3.02. The first-order chi connectivity index (χ1) is 15.0. The summed E-state index contributed by atoms with van der Waals surface area (Å²) in [4.78, 5) is 9.59. The van der Waals surface area contributed by atoms with E-state index in [-0.39, 0.29) is 0 Å². The molecule has 0 radical (unpaired) electrons. The molecule has 31 heavy (non-hydrogen) atoms. The van der Waals surface area contributed by atoms with Crippen molar-refractivity contribution in [2.75, 3.05) is 38.8 Å². The Kier molecular flexibility index (Phi) is 7.93. The van der Waals surface area contributed by atoms with Gasteiger partial charge >= 0.3 is 0 Å². The minimum absolute atomic E-state index is 0.581. The van der Waals surface area contributed by atoms with Gasteiger partial charge in [-0.15, -0.1) is 6.58 Å². The van der Waals surface area contributed by atoms with Crippen LogP contribution in [0.2, 0.25) is 0 Å². The second kappa shape index (κ2) is 10.8. The fourth-order valence-corrected chi connectivity index (χ4v) is 3.38. The quantitative estimate of drug-likeness (QED) is 0.231. The van der Waals surface area contributed by atoms with Gasteiger partial charge in [0.25, 0.3) is 0 Å². The number of thiocarbonyl (C=S) groups is 1. The first-order valence-electron chi connectivity index (χ1n) is 10.3. The lowest BCUT2D eigenvalue weighted by Gasteiger charge is -2.19. The number of hydrogen-bond acceptors (Lipinski definition) is 4. The highest BCUT2D eigenvalue weighted by Crippen LogP contribution is 2.21. The van der Waals surface area contributed by atoms with Gasteiger partial charge in [0, 0.05) is 26.3 Å². The van der Waals surface area contributed by atoms with E-state index in [4.69, 9.17) is 21.9 Å². The number of aliphatic imine (C=N–C) groups is 1. The van der Waals surface area contributed by atoms with E-state index in [9.17, 15) is 0 Å². The molecule has 0 atom stereocenters. The summed E-state index contributed by atoms with van der Waals surface area (Å²) in [6.45, 7) is 7.84. The maximum absolute atomic E-state index is 5.61. The Bertz CT molecular complexity index is 1020. The van der Waals surface area contributed by atoms with Crippen LogP contribution in [-0.2, 0) is 4.74 Å². The second-order valence-electron chi connectivity index (χ2n) is 7.43. The van der Waals surface area contributed by atoms with Gasteiger partial charge in [-0.05, 0) is 47.9 Å². The first-order valence-corrected chi connectivity index (χ1v) is 10.7. The molecule has 1 aliphatic rings. The van der Waals surface area contributed by atoms with Crippen LogP contribution >= 0.6 is 12.2 Å². The monoisotopic (exact) mass is 431 g/mol. The highest BCUT2D eigenvalue weighted by atomic mass is 32.1. The summed E-state index contributed by atoms with van der Waals surface area (Å²) in [5.74, 6) is 0.843. The molecule has 4 nitrogen and oxygen atoms in total. The zero-order valence-electron chi connectivity index (χ0n) is 18.4. The van der Waals surface area contributed by atoms with Gasteiger partial charge in [-0.25, -0.2) is 4.99 Å². The molecule has 0 unspecified atom stereocenters. The van der Waals surface area contributed by atoms with E-state index in [1.54, 1.807) is 6.08 Å². The van der Waals surface area contributed by atoms with Crippen LogP contribution in [0.25, 0.3) is 12.2 Å². The maximum Gasteiger partial charge on any atom is 0.134 e. The number of likely N-dealkylation sites (N-methyl/N-ethyl adjacent to an activating group) is 2. The molecule has 5 heteroatoms. The zero-order valence-corrected chi connectivity index (χ0v) is 19.2. The molecule has 0 saturated carbocycles. The number of ether oxygens (including phenoxy) is 1. The van der Waals surface area contributed by atoms with Crippen molar-refractivity contribution >= 4 is 40.9 Å². The fraction of sp³-hybridized carbons (Fsp3) is 0.231. The Morgan fingerprint density at radius 2 is 1.87 bits per heavy atom. The molecule has 2 aromatic rings. The van der Waals surface area contributed by atoms with Crippen LogP contribution in [-0.4, -0.2) is 49.6 Å². The van der Waals surface area contributed by atoms with Gasteiger partial charge in [0.2, 0.25) is 0 Å². The average molecular weight is 432 g/mol. The van der Waals surface area contributed by atoms with E-state index in [0.717, 1.165) is 34.3 Å². The molecule has 0 aromatic heterocycles. The Morgan fingerprint density at radius 1 is 1.13 bits per heavy atom. The van der Waals surface area contributed by atoms with Gasteiger partial charge in [0.1, 0.15) is 16.5 Å². The lowest BCUT2D eigenvalue weighted by molar-refractivity contribution is 0.170. The number of nitrogens with zero attached hydrogens (tertiary/aromatic N) is 3. The van der Waals surface area contributed by atoms with Gasteiger partial charge in [-0.3, -0.25) is 0 Å². The summed E-state index contributed by atoms with van der Waals surface area (Å²) in [6.07, 6.45) is 7.89. The van der Waals surface area contributed by atoms with E-state index in [1.807, 2.05) is 36.2 Å². The largest absolute Gasteiger partial charge is 0.376 e. The van der Waals surface area contributed by atoms with E-state index in [0.29, 0.717) is 13.2 Å². The Labute approximate surface area is 190 Å².